The molecule has 1 fully saturated rings. The Bertz CT molecular complexity index is 930. The molecule has 156 valence electrons. The summed E-state index contributed by atoms with van der Waals surface area (Å²) in [5.74, 6) is -1.08. The van der Waals surface area contributed by atoms with E-state index in [0.29, 0.717) is 18.8 Å². The molecule has 0 aromatic heterocycles. The summed E-state index contributed by atoms with van der Waals surface area (Å²) in [6.45, 7) is 0.687. The van der Waals surface area contributed by atoms with Crippen LogP contribution in [0.2, 0.25) is 10.0 Å². The summed E-state index contributed by atoms with van der Waals surface area (Å²) < 4.78 is 61.0. The van der Waals surface area contributed by atoms with Gasteiger partial charge < -0.3 is 14.4 Å². The van der Waals surface area contributed by atoms with Crippen LogP contribution in [0.4, 0.5) is 23.2 Å². The van der Waals surface area contributed by atoms with E-state index in [4.69, 9.17) is 27.9 Å². The first kappa shape index (κ1) is 21.5. The van der Waals surface area contributed by atoms with Crippen molar-refractivity contribution in [2.24, 2.45) is 0 Å². The number of rotatable bonds is 6. The van der Waals surface area contributed by atoms with Gasteiger partial charge in [-0.2, -0.15) is 13.2 Å². The minimum Gasteiger partial charge on any atom is -0.485 e. The van der Waals surface area contributed by atoms with Gasteiger partial charge in [0.25, 0.3) is 0 Å². The van der Waals surface area contributed by atoms with Gasteiger partial charge in [-0.15, -0.1) is 0 Å². The number of hydrogen-bond acceptors (Lipinski definition) is 4. The number of halogens is 6. The normalized spacial score (nSPS) is 14.5. The highest BCUT2D eigenvalue weighted by Crippen LogP contribution is 2.34. The van der Waals surface area contributed by atoms with E-state index in [1.165, 1.54) is 25.1 Å². The van der Waals surface area contributed by atoms with E-state index < -0.39 is 24.4 Å². The van der Waals surface area contributed by atoms with Gasteiger partial charge >= 0.3 is 6.18 Å². The van der Waals surface area contributed by atoms with Crippen LogP contribution >= 0.6 is 23.2 Å². The molecule has 1 aliphatic heterocycles. The molecule has 10 heteroatoms. The van der Waals surface area contributed by atoms with Gasteiger partial charge in [-0.3, -0.25) is 4.79 Å². The number of anilines is 1. The van der Waals surface area contributed by atoms with Crippen molar-refractivity contribution in [1.82, 2.24) is 0 Å². The minimum absolute atomic E-state index is 0.0565. The lowest BCUT2D eigenvalue weighted by Crippen LogP contribution is -2.54. The molecule has 3 rings (SSSR count). The Kier molecular flexibility index (Phi) is 6.14. The fraction of sp³-hybridized carbons (Fsp3) is 0.316. The van der Waals surface area contributed by atoms with Gasteiger partial charge in [-0.05, 0) is 31.2 Å². The number of carbonyl (C=O) groups excluding carboxylic acids is 1. The molecule has 1 aliphatic rings. The van der Waals surface area contributed by atoms with Gasteiger partial charge in [-0.1, -0.05) is 23.2 Å². The molecular formula is C19H15Cl2F4NO3. The van der Waals surface area contributed by atoms with Crippen LogP contribution < -0.4 is 14.4 Å². The Hall–Kier alpha value is -2.19. The van der Waals surface area contributed by atoms with Gasteiger partial charge in [0.2, 0.25) is 0 Å². The fourth-order valence-corrected chi connectivity index (χ4v) is 3.19. The Morgan fingerprint density at radius 2 is 1.79 bits per heavy atom. The highest BCUT2D eigenvalue weighted by atomic mass is 35.5. The van der Waals surface area contributed by atoms with Crippen LogP contribution in [0.1, 0.15) is 17.3 Å². The quantitative estimate of drug-likeness (QED) is 0.426. The van der Waals surface area contributed by atoms with Crippen LogP contribution in [-0.4, -0.2) is 37.8 Å². The predicted octanol–water partition coefficient (Wildman–Crippen LogP) is 5.54. The monoisotopic (exact) mass is 451 g/mol. The molecule has 0 unspecified atom stereocenters. The van der Waals surface area contributed by atoms with Crippen molar-refractivity contribution in [2.45, 2.75) is 19.2 Å². The van der Waals surface area contributed by atoms with Gasteiger partial charge in [-0.25, -0.2) is 4.39 Å². The molecule has 0 spiro atoms. The molecule has 1 saturated heterocycles. The maximum atomic E-state index is 13.9. The summed E-state index contributed by atoms with van der Waals surface area (Å²) in [5, 5.41) is 0.185. The number of benzene rings is 2. The Balaban J connectivity index is 1.59. The molecular weight excluding hydrogens is 437 g/mol. The van der Waals surface area contributed by atoms with Gasteiger partial charge in [0, 0.05) is 11.8 Å². The summed E-state index contributed by atoms with van der Waals surface area (Å²) in [7, 11) is 0. The lowest BCUT2D eigenvalue weighted by atomic mass is 10.1. The Morgan fingerprint density at radius 1 is 1.14 bits per heavy atom. The molecule has 0 amide bonds. The number of Topliss-reactive ketones (excluding diaryl/α,β-unsaturated/α-hetero) is 1. The molecule has 2 aromatic rings. The van der Waals surface area contributed by atoms with E-state index in [1.54, 1.807) is 6.07 Å². The van der Waals surface area contributed by atoms with Crippen LogP contribution in [0, 0.1) is 5.82 Å². The third-order valence-corrected chi connectivity index (χ3v) is 4.81. The third-order valence-electron chi connectivity index (χ3n) is 4.21. The van der Waals surface area contributed by atoms with Crippen molar-refractivity contribution >= 4 is 34.7 Å². The van der Waals surface area contributed by atoms with Gasteiger partial charge in [0.1, 0.15) is 23.4 Å². The van der Waals surface area contributed by atoms with E-state index in [0.717, 1.165) is 6.07 Å². The Labute approximate surface area is 173 Å². The minimum atomic E-state index is -4.45. The van der Waals surface area contributed by atoms with E-state index in [2.05, 4.69) is 4.74 Å². The summed E-state index contributed by atoms with van der Waals surface area (Å²) in [6, 6.07) is 6.75. The van der Waals surface area contributed by atoms with Gasteiger partial charge in [0.15, 0.2) is 12.4 Å². The summed E-state index contributed by atoms with van der Waals surface area (Å²) in [5.41, 5.74) is 0.568. The molecule has 2 aromatic carbocycles. The molecule has 4 nitrogen and oxygen atoms in total. The summed E-state index contributed by atoms with van der Waals surface area (Å²) in [6.07, 6.45) is -4.73. The van der Waals surface area contributed by atoms with Crippen molar-refractivity contribution in [3.05, 3.63) is 51.8 Å². The average molecular weight is 452 g/mol. The zero-order chi connectivity index (χ0) is 21.3. The SMILES string of the molecule is CC(=O)c1cc(Cl)c(OC2CN(c3ccc(OCC(F)(F)F)c(Cl)c3)C2)cc1F. The smallest absolute Gasteiger partial charge is 0.422 e. The first-order valence-electron chi connectivity index (χ1n) is 8.44. The first-order chi connectivity index (χ1) is 13.5. The van der Waals surface area contributed by atoms with Crippen LogP contribution in [0.15, 0.2) is 30.3 Å². The molecule has 0 atom stereocenters. The van der Waals surface area contributed by atoms with Crippen LogP contribution in [0.5, 0.6) is 11.5 Å². The fourth-order valence-electron chi connectivity index (χ4n) is 2.75. The number of ketones is 1. The highest BCUT2D eigenvalue weighted by molar-refractivity contribution is 6.32. The van der Waals surface area contributed by atoms with Crippen molar-refractivity contribution < 1.29 is 31.8 Å². The topological polar surface area (TPSA) is 38.8 Å². The third kappa shape index (κ3) is 5.25. The zero-order valence-electron chi connectivity index (χ0n) is 15.0. The Morgan fingerprint density at radius 3 is 2.38 bits per heavy atom. The van der Waals surface area contributed by atoms with Gasteiger partial charge in [0.05, 0.1) is 28.7 Å². The van der Waals surface area contributed by atoms with Crippen molar-refractivity contribution in [1.29, 1.82) is 0 Å². The number of carbonyl (C=O) groups is 1. The van der Waals surface area contributed by atoms with E-state index in [-0.39, 0.29) is 33.2 Å². The maximum Gasteiger partial charge on any atom is 0.422 e. The van der Waals surface area contributed by atoms with Crippen molar-refractivity contribution in [2.75, 3.05) is 24.6 Å². The summed E-state index contributed by atoms with van der Waals surface area (Å²) in [4.78, 5) is 13.2. The van der Waals surface area contributed by atoms with E-state index in [1.807, 2.05) is 4.90 Å². The van der Waals surface area contributed by atoms with Crippen LogP contribution in [0.25, 0.3) is 0 Å². The van der Waals surface area contributed by atoms with Crippen molar-refractivity contribution in [3.8, 4) is 11.5 Å². The van der Waals surface area contributed by atoms with E-state index in [9.17, 15) is 22.4 Å². The second-order valence-electron chi connectivity index (χ2n) is 6.48. The number of ether oxygens (including phenoxy) is 2. The summed E-state index contributed by atoms with van der Waals surface area (Å²) >= 11 is 12.0. The molecule has 0 radical (unpaired) electrons. The second kappa shape index (κ2) is 8.28. The molecule has 0 saturated carbocycles. The number of nitrogens with zero attached hydrogens (tertiary/aromatic N) is 1. The molecule has 29 heavy (non-hydrogen) atoms. The predicted molar refractivity (Wildman–Crippen MR) is 101 cm³/mol. The van der Waals surface area contributed by atoms with E-state index >= 15 is 0 Å². The highest BCUT2D eigenvalue weighted by Gasteiger charge is 2.31. The number of hydrogen-bond donors (Lipinski definition) is 0. The molecule has 0 bridgehead atoms. The maximum absolute atomic E-state index is 13.9. The molecule has 1 heterocycles. The number of alkyl halides is 3. The lowest BCUT2D eigenvalue weighted by Gasteiger charge is -2.41. The van der Waals surface area contributed by atoms with Crippen LogP contribution in [0.3, 0.4) is 0 Å². The average Bonchev–Trinajstić information content (AvgIpc) is 2.58. The molecule has 0 N–H and O–H groups in total. The molecule has 0 aliphatic carbocycles. The zero-order valence-corrected chi connectivity index (χ0v) is 16.5. The standard InChI is InChI=1S/C19H15Cl2F4NO3/c1-10(27)13-5-15(21)18(6-16(13)22)29-12-7-26(8-12)11-2-3-17(14(20)4-11)28-9-19(23,24)25/h2-6,12H,7-9H2,1H3. The lowest BCUT2D eigenvalue weighted by molar-refractivity contribution is -0.153. The van der Waals surface area contributed by atoms with Crippen LogP contribution in [-0.2, 0) is 0 Å². The second-order valence-corrected chi connectivity index (χ2v) is 7.30. The first-order valence-corrected chi connectivity index (χ1v) is 9.20. The largest absolute Gasteiger partial charge is 0.485 e. The van der Waals surface area contributed by atoms with Crippen molar-refractivity contribution in [3.63, 3.8) is 0 Å².